The second-order valence-corrected chi connectivity index (χ2v) is 7.86. The van der Waals surface area contributed by atoms with Gasteiger partial charge in [0.25, 0.3) is 5.91 Å². The molecule has 2 heterocycles. The highest BCUT2D eigenvalue weighted by atomic mass is 16.5. The van der Waals surface area contributed by atoms with Crippen molar-refractivity contribution in [3.8, 4) is 5.88 Å². The number of nitrogens with one attached hydrogen (secondary N) is 1. The van der Waals surface area contributed by atoms with Gasteiger partial charge in [-0.2, -0.15) is 0 Å². The van der Waals surface area contributed by atoms with Crippen molar-refractivity contribution in [3.63, 3.8) is 0 Å². The first-order chi connectivity index (χ1) is 13.2. The zero-order valence-electron chi connectivity index (χ0n) is 15.8. The number of likely N-dealkylation sites (tertiary alicyclic amines) is 1. The summed E-state index contributed by atoms with van der Waals surface area (Å²) in [4.78, 5) is 23.6. The fraction of sp³-hybridized carbons (Fsp3) is 0.571. The normalized spacial score (nSPS) is 19.9. The second-order valence-electron chi connectivity index (χ2n) is 7.86. The number of hydrogen-bond donors (Lipinski definition) is 1. The fourth-order valence-electron chi connectivity index (χ4n) is 4.48. The van der Waals surface area contributed by atoms with Crippen molar-refractivity contribution in [1.82, 2.24) is 20.2 Å². The number of fused-ring (bicyclic) bond motifs is 1. The Morgan fingerprint density at radius 1 is 1.07 bits per heavy atom. The Balaban J connectivity index is 1.40. The van der Waals surface area contributed by atoms with E-state index in [0.717, 1.165) is 43.4 Å². The first-order valence-electron chi connectivity index (χ1n) is 10.1. The monoisotopic (exact) mass is 368 g/mol. The highest BCUT2D eigenvalue weighted by Gasteiger charge is 2.36. The summed E-state index contributed by atoms with van der Waals surface area (Å²) in [6.45, 7) is 3.26. The van der Waals surface area contributed by atoms with Crippen molar-refractivity contribution in [3.05, 3.63) is 30.6 Å². The van der Waals surface area contributed by atoms with E-state index in [9.17, 15) is 4.79 Å². The molecular formula is C21H28N4O2. The Labute approximate surface area is 160 Å². The molecule has 0 radical (unpaired) electrons. The van der Waals surface area contributed by atoms with E-state index in [1.807, 2.05) is 24.3 Å². The van der Waals surface area contributed by atoms with Crippen LogP contribution in [-0.4, -0.2) is 52.6 Å². The molecule has 1 aliphatic carbocycles. The van der Waals surface area contributed by atoms with Crippen LogP contribution in [0.25, 0.3) is 10.9 Å². The Bertz CT molecular complexity index is 777. The zero-order valence-corrected chi connectivity index (χ0v) is 15.8. The van der Waals surface area contributed by atoms with Gasteiger partial charge >= 0.3 is 0 Å². The number of rotatable bonds is 6. The Hall–Kier alpha value is -2.21. The third kappa shape index (κ3) is 4.38. The van der Waals surface area contributed by atoms with Gasteiger partial charge in [0.1, 0.15) is 6.33 Å². The summed E-state index contributed by atoms with van der Waals surface area (Å²) >= 11 is 0. The van der Waals surface area contributed by atoms with Gasteiger partial charge in [-0.25, -0.2) is 9.97 Å². The van der Waals surface area contributed by atoms with E-state index in [2.05, 4.69) is 20.2 Å². The molecule has 27 heavy (non-hydrogen) atoms. The number of ether oxygens (including phenoxy) is 1. The van der Waals surface area contributed by atoms with Crippen molar-refractivity contribution in [2.24, 2.45) is 0 Å². The molecule has 144 valence electrons. The Morgan fingerprint density at radius 3 is 2.67 bits per heavy atom. The van der Waals surface area contributed by atoms with E-state index in [1.165, 1.54) is 38.4 Å². The van der Waals surface area contributed by atoms with Crippen LogP contribution < -0.4 is 10.1 Å². The molecule has 2 fully saturated rings. The molecule has 6 nitrogen and oxygen atoms in total. The third-order valence-electron chi connectivity index (χ3n) is 5.79. The highest BCUT2D eigenvalue weighted by Crippen LogP contribution is 2.30. The van der Waals surface area contributed by atoms with Crippen LogP contribution in [-0.2, 0) is 4.79 Å². The van der Waals surface area contributed by atoms with Crippen molar-refractivity contribution >= 4 is 16.8 Å². The maximum Gasteiger partial charge on any atom is 0.258 e. The summed E-state index contributed by atoms with van der Waals surface area (Å²) in [5.74, 6) is 0.409. The molecule has 1 N–H and O–H groups in total. The fourth-order valence-corrected chi connectivity index (χ4v) is 4.48. The van der Waals surface area contributed by atoms with Crippen molar-refractivity contribution < 1.29 is 9.53 Å². The molecule has 1 saturated carbocycles. The van der Waals surface area contributed by atoms with Crippen LogP contribution in [0.15, 0.2) is 30.6 Å². The van der Waals surface area contributed by atoms with Gasteiger partial charge in [0, 0.05) is 6.54 Å². The van der Waals surface area contributed by atoms with Gasteiger partial charge in [-0.15, -0.1) is 0 Å². The van der Waals surface area contributed by atoms with E-state index >= 15 is 0 Å². The number of nitrogens with zero attached hydrogens (tertiary/aromatic N) is 3. The van der Waals surface area contributed by atoms with E-state index in [1.54, 1.807) is 0 Å². The first-order valence-corrected chi connectivity index (χ1v) is 10.1. The number of benzene rings is 1. The Morgan fingerprint density at radius 2 is 1.85 bits per heavy atom. The standard InChI is InChI=1S/C21H28N4O2/c26-19(14-27-20-17-8-2-3-9-18(17)22-16-23-20)24-21(10-4-1-5-11-21)15-25-12-6-7-13-25/h2-3,8-9,16H,1,4-7,10-15H2,(H,24,26). The van der Waals surface area contributed by atoms with Gasteiger partial charge in [-0.1, -0.05) is 31.4 Å². The number of aromatic nitrogens is 2. The molecule has 1 amide bonds. The smallest absolute Gasteiger partial charge is 0.258 e. The van der Waals surface area contributed by atoms with Crippen LogP contribution >= 0.6 is 0 Å². The molecule has 0 spiro atoms. The molecule has 0 bridgehead atoms. The molecule has 4 rings (SSSR count). The molecule has 1 saturated heterocycles. The summed E-state index contributed by atoms with van der Waals surface area (Å²) in [5, 5.41) is 4.16. The van der Waals surface area contributed by atoms with Crippen molar-refractivity contribution in [2.45, 2.75) is 50.5 Å². The maximum atomic E-state index is 12.7. The average Bonchev–Trinajstić information content (AvgIpc) is 3.19. The summed E-state index contributed by atoms with van der Waals surface area (Å²) in [6, 6.07) is 7.68. The van der Waals surface area contributed by atoms with E-state index < -0.39 is 0 Å². The van der Waals surface area contributed by atoms with Gasteiger partial charge in [0.15, 0.2) is 6.61 Å². The molecule has 2 aromatic rings. The minimum atomic E-state index is -0.100. The summed E-state index contributed by atoms with van der Waals surface area (Å²) in [7, 11) is 0. The van der Waals surface area contributed by atoms with Crippen LogP contribution in [0, 0.1) is 0 Å². The van der Waals surface area contributed by atoms with Crippen molar-refractivity contribution in [1.29, 1.82) is 0 Å². The molecule has 0 atom stereocenters. The number of para-hydroxylation sites is 1. The SMILES string of the molecule is O=C(COc1ncnc2ccccc12)NC1(CN2CCCC2)CCCCC1. The van der Waals surface area contributed by atoms with Crippen LogP contribution in [0.2, 0.25) is 0 Å². The van der Waals surface area contributed by atoms with E-state index in [-0.39, 0.29) is 18.1 Å². The van der Waals surface area contributed by atoms with Gasteiger partial charge in [-0.05, 0) is 50.9 Å². The third-order valence-corrected chi connectivity index (χ3v) is 5.79. The molecule has 2 aliphatic rings. The lowest BCUT2D eigenvalue weighted by atomic mass is 9.81. The van der Waals surface area contributed by atoms with Crippen LogP contribution in [0.5, 0.6) is 5.88 Å². The lowest BCUT2D eigenvalue weighted by Gasteiger charge is -2.41. The predicted molar refractivity (Wildman–Crippen MR) is 105 cm³/mol. The maximum absolute atomic E-state index is 12.7. The lowest BCUT2D eigenvalue weighted by Crippen LogP contribution is -2.57. The minimum Gasteiger partial charge on any atom is -0.467 e. The number of amides is 1. The summed E-state index contributed by atoms with van der Waals surface area (Å²) in [5.41, 5.74) is 0.720. The van der Waals surface area contributed by atoms with Gasteiger partial charge in [-0.3, -0.25) is 4.79 Å². The predicted octanol–water partition coefficient (Wildman–Crippen LogP) is 2.92. The summed E-state index contributed by atoms with van der Waals surface area (Å²) in [6.07, 6.45) is 9.78. The molecule has 1 aliphatic heterocycles. The molecule has 6 heteroatoms. The highest BCUT2D eigenvalue weighted by molar-refractivity contribution is 5.84. The minimum absolute atomic E-state index is 0.0112. The molecule has 1 aromatic carbocycles. The van der Waals surface area contributed by atoms with E-state index in [4.69, 9.17) is 4.74 Å². The zero-order chi connectivity index (χ0) is 18.5. The second kappa shape index (κ2) is 8.21. The number of carbonyl (C=O) groups excluding carboxylic acids is 1. The molecule has 0 unspecified atom stereocenters. The number of hydrogen-bond acceptors (Lipinski definition) is 5. The van der Waals surface area contributed by atoms with Crippen LogP contribution in [0.1, 0.15) is 44.9 Å². The molecular weight excluding hydrogens is 340 g/mol. The summed E-state index contributed by atoms with van der Waals surface area (Å²) < 4.78 is 5.76. The van der Waals surface area contributed by atoms with Crippen LogP contribution in [0.4, 0.5) is 0 Å². The quantitative estimate of drug-likeness (QED) is 0.849. The van der Waals surface area contributed by atoms with Gasteiger partial charge < -0.3 is 15.0 Å². The first kappa shape index (κ1) is 18.2. The van der Waals surface area contributed by atoms with Gasteiger partial charge in [0.05, 0.1) is 16.4 Å². The lowest BCUT2D eigenvalue weighted by molar-refractivity contribution is -0.125. The van der Waals surface area contributed by atoms with Crippen molar-refractivity contribution in [2.75, 3.05) is 26.2 Å². The Kier molecular flexibility index (Phi) is 5.53. The van der Waals surface area contributed by atoms with Crippen LogP contribution in [0.3, 0.4) is 0 Å². The average molecular weight is 368 g/mol. The van der Waals surface area contributed by atoms with Gasteiger partial charge in [0.2, 0.25) is 5.88 Å². The number of carbonyl (C=O) groups is 1. The van der Waals surface area contributed by atoms with E-state index in [0.29, 0.717) is 5.88 Å². The topological polar surface area (TPSA) is 67.3 Å². The largest absolute Gasteiger partial charge is 0.467 e. The molecule has 1 aromatic heterocycles.